The third-order valence-electron chi connectivity index (χ3n) is 4.32. The number of carbonyl (C=O) groups excluding carboxylic acids is 1. The van der Waals surface area contributed by atoms with Crippen LogP contribution in [-0.2, 0) is 21.1 Å². The predicted octanol–water partition coefficient (Wildman–Crippen LogP) is 2.49. The van der Waals surface area contributed by atoms with Gasteiger partial charge in [0.15, 0.2) is 9.84 Å². The van der Waals surface area contributed by atoms with Gasteiger partial charge in [-0.05, 0) is 41.7 Å². The summed E-state index contributed by atoms with van der Waals surface area (Å²) in [6.45, 7) is 0. The molecular weight excluding hydrogens is 306 g/mol. The first-order valence-corrected chi connectivity index (χ1v) is 10.2. The number of rotatable bonds is 5. The van der Waals surface area contributed by atoms with Crippen molar-refractivity contribution < 1.29 is 13.2 Å². The summed E-state index contributed by atoms with van der Waals surface area (Å²) in [5.41, 5.74) is 1.17. The van der Waals surface area contributed by atoms with Crippen molar-refractivity contribution in [1.82, 2.24) is 4.90 Å². The van der Waals surface area contributed by atoms with Crippen molar-refractivity contribution in [3.63, 3.8) is 0 Å². The van der Waals surface area contributed by atoms with Gasteiger partial charge in [-0.15, -0.1) is 0 Å². The van der Waals surface area contributed by atoms with Gasteiger partial charge in [-0.2, -0.15) is 11.3 Å². The van der Waals surface area contributed by atoms with Gasteiger partial charge in [0, 0.05) is 25.8 Å². The van der Waals surface area contributed by atoms with Crippen LogP contribution in [0.3, 0.4) is 0 Å². The van der Waals surface area contributed by atoms with Gasteiger partial charge in [0.2, 0.25) is 5.91 Å². The lowest BCUT2D eigenvalue weighted by molar-refractivity contribution is -0.132. The number of carbonyl (C=O) groups is 1. The molecule has 0 unspecified atom stereocenters. The van der Waals surface area contributed by atoms with Crippen LogP contribution in [-0.4, -0.2) is 43.8 Å². The molecule has 0 spiro atoms. The first-order valence-electron chi connectivity index (χ1n) is 7.35. The van der Waals surface area contributed by atoms with E-state index < -0.39 is 15.1 Å². The lowest BCUT2D eigenvalue weighted by atomic mass is 9.93. The first-order chi connectivity index (χ1) is 9.89. The molecule has 1 amide bonds. The summed E-state index contributed by atoms with van der Waals surface area (Å²) in [4.78, 5) is 14.0. The third kappa shape index (κ3) is 4.30. The summed E-state index contributed by atoms with van der Waals surface area (Å²) in [6.07, 6.45) is 5.86. The van der Waals surface area contributed by atoms with Gasteiger partial charge in [0.25, 0.3) is 0 Å². The van der Waals surface area contributed by atoms with Crippen molar-refractivity contribution in [2.24, 2.45) is 0 Å². The van der Waals surface area contributed by atoms with Gasteiger partial charge in [-0.25, -0.2) is 8.42 Å². The molecule has 1 aromatic heterocycles. The maximum atomic E-state index is 12.3. The highest BCUT2D eigenvalue weighted by molar-refractivity contribution is 7.91. The Morgan fingerprint density at radius 3 is 2.71 bits per heavy atom. The SMILES string of the molecule is CN(C(=O)CCc1ccsc1)[C@H]1CCCC[C@H]1S(C)(=O)=O. The van der Waals surface area contributed by atoms with Gasteiger partial charge in [0.05, 0.1) is 5.25 Å². The van der Waals surface area contributed by atoms with Gasteiger partial charge in [-0.3, -0.25) is 4.79 Å². The molecule has 1 aliphatic carbocycles. The standard InChI is InChI=1S/C15H23NO3S2/c1-16(15(17)8-7-12-9-10-20-11-12)13-5-3-4-6-14(13)21(2,18)19/h9-11,13-14H,3-8H2,1-2H3/t13-,14+/m0/s1. The quantitative estimate of drug-likeness (QED) is 0.834. The highest BCUT2D eigenvalue weighted by Gasteiger charge is 2.36. The molecular formula is C15H23NO3S2. The maximum Gasteiger partial charge on any atom is 0.222 e. The molecule has 0 aliphatic heterocycles. The molecule has 4 nitrogen and oxygen atoms in total. The number of hydrogen-bond donors (Lipinski definition) is 0. The van der Waals surface area contributed by atoms with Crippen LogP contribution in [0.4, 0.5) is 0 Å². The Bertz CT molecular complexity index is 566. The Morgan fingerprint density at radius 2 is 2.10 bits per heavy atom. The molecule has 0 radical (unpaired) electrons. The Labute approximate surface area is 131 Å². The smallest absolute Gasteiger partial charge is 0.222 e. The fraction of sp³-hybridized carbons (Fsp3) is 0.667. The second-order valence-corrected chi connectivity index (χ2v) is 8.90. The minimum atomic E-state index is -3.10. The zero-order chi connectivity index (χ0) is 15.5. The van der Waals surface area contributed by atoms with Crippen molar-refractivity contribution in [2.45, 2.75) is 49.8 Å². The second-order valence-electron chi connectivity index (χ2n) is 5.86. The molecule has 1 fully saturated rings. The van der Waals surface area contributed by atoms with Gasteiger partial charge in [0.1, 0.15) is 0 Å². The van der Waals surface area contributed by atoms with Crippen LogP contribution in [0, 0.1) is 0 Å². The van der Waals surface area contributed by atoms with Crippen LogP contribution in [0.1, 0.15) is 37.7 Å². The number of aryl methyl sites for hydroxylation is 1. The lowest BCUT2D eigenvalue weighted by Crippen LogP contribution is -2.49. The summed E-state index contributed by atoms with van der Waals surface area (Å²) in [6, 6.07) is 1.86. The maximum absolute atomic E-state index is 12.3. The van der Waals surface area contributed by atoms with Crippen molar-refractivity contribution in [3.05, 3.63) is 22.4 Å². The Balaban J connectivity index is 1.99. The first kappa shape index (κ1) is 16.5. The van der Waals surface area contributed by atoms with E-state index in [4.69, 9.17) is 0 Å². The molecule has 118 valence electrons. The van der Waals surface area contributed by atoms with E-state index in [0.717, 1.165) is 25.7 Å². The van der Waals surface area contributed by atoms with Crippen LogP contribution < -0.4 is 0 Å². The molecule has 1 aromatic rings. The minimum absolute atomic E-state index is 0.0433. The van der Waals surface area contributed by atoms with Crippen molar-refractivity contribution in [2.75, 3.05) is 13.3 Å². The Hall–Kier alpha value is -0.880. The summed E-state index contributed by atoms with van der Waals surface area (Å²) in [5.74, 6) is 0.0433. The fourth-order valence-corrected chi connectivity index (χ4v) is 5.25. The largest absolute Gasteiger partial charge is 0.341 e. The van der Waals surface area contributed by atoms with Crippen LogP contribution in [0.15, 0.2) is 16.8 Å². The van der Waals surface area contributed by atoms with Crippen molar-refractivity contribution in [3.8, 4) is 0 Å². The lowest BCUT2D eigenvalue weighted by Gasteiger charge is -2.37. The van der Waals surface area contributed by atoms with E-state index >= 15 is 0 Å². The summed E-state index contributed by atoms with van der Waals surface area (Å²) in [5, 5.41) is 3.65. The predicted molar refractivity (Wildman–Crippen MR) is 86.3 cm³/mol. The van der Waals surface area contributed by atoms with E-state index in [-0.39, 0.29) is 11.9 Å². The third-order valence-corrected chi connectivity index (χ3v) is 6.70. The molecule has 2 rings (SSSR count). The monoisotopic (exact) mass is 329 g/mol. The number of hydrogen-bond acceptors (Lipinski definition) is 4. The van der Waals surface area contributed by atoms with Crippen LogP contribution in [0.5, 0.6) is 0 Å². The number of amides is 1. The van der Waals surface area contributed by atoms with E-state index in [1.54, 1.807) is 23.3 Å². The summed E-state index contributed by atoms with van der Waals surface area (Å²) < 4.78 is 23.9. The molecule has 2 atom stereocenters. The van der Waals surface area contributed by atoms with Crippen LogP contribution >= 0.6 is 11.3 Å². The van der Waals surface area contributed by atoms with E-state index in [1.165, 1.54) is 11.8 Å². The summed E-state index contributed by atoms with van der Waals surface area (Å²) in [7, 11) is -1.35. The number of thiophene rings is 1. The molecule has 1 aliphatic rings. The van der Waals surface area contributed by atoms with Gasteiger partial charge >= 0.3 is 0 Å². The average Bonchev–Trinajstić information content (AvgIpc) is 2.96. The Morgan fingerprint density at radius 1 is 1.38 bits per heavy atom. The molecule has 0 saturated heterocycles. The molecule has 21 heavy (non-hydrogen) atoms. The molecule has 6 heteroatoms. The average molecular weight is 329 g/mol. The van der Waals surface area contributed by atoms with E-state index in [2.05, 4.69) is 0 Å². The van der Waals surface area contributed by atoms with E-state index in [0.29, 0.717) is 12.8 Å². The highest BCUT2D eigenvalue weighted by atomic mass is 32.2. The molecule has 1 saturated carbocycles. The second kappa shape index (κ2) is 6.92. The van der Waals surface area contributed by atoms with E-state index in [1.807, 2.05) is 16.8 Å². The molecule has 0 N–H and O–H groups in total. The highest BCUT2D eigenvalue weighted by Crippen LogP contribution is 2.28. The zero-order valence-electron chi connectivity index (χ0n) is 12.6. The van der Waals surface area contributed by atoms with Crippen LogP contribution in [0.2, 0.25) is 0 Å². The fourth-order valence-electron chi connectivity index (χ4n) is 3.07. The van der Waals surface area contributed by atoms with Crippen molar-refractivity contribution in [1.29, 1.82) is 0 Å². The summed E-state index contributed by atoms with van der Waals surface area (Å²) >= 11 is 1.63. The van der Waals surface area contributed by atoms with Gasteiger partial charge in [-0.1, -0.05) is 12.8 Å². The van der Waals surface area contributed by atoms with Crippen molar-refractivity contribution >= 4 is 27.1 Å². The number of nitrogens with zero attached hydrogens (tertiary/aromatic N) is 1. The normalized spacial score (nSPS) is 23.0. The topological polar surface area (TPSA) is 54.5 Å². The van der Waals surface area contributed by atoms with E-state index in [9.17, 15) is 13.2 Å². The van der Waals surface area contributed by atoms with Crippen LogP contribution in [0.25, 0.3) is 0 Å². The zero-order valence-corrected chi connectivity index (χ0v) is 14.3. The molecule has 0 aromatic carbocycles. The Kier molecular flexibility index (Phi) is 5.43. The molecule has 0 bridgehead atoms. The molecule has 1 heterocycles. The van der Waals surface area contributed by atoms with Gasteiger partial charge < -0.3 is 4.90 Å². The number of sulfone groups is 1. The minimum Gasteiger partial charge on any atom is -0.341 e.